The van der Waals surface area contributed by atoms with E-state index in [1.54, 1.807) is 0 Å². The second-order valence-corrected chi connectivity index (χ2v) is 10.1. The van der Waals surface area contributed by atoms with Crippen LogP contribution in [0.2, 0.25) is 0 Å². The molecule has 0 saturated heterocycles. The third kappa shape index (κ3) is 3.68. The Bertz CT molecular complexity index is 1750. The van der Waals surface area contributed by atoms with Crippen LogP contribution in [0.4, 0.5) is 22.9 Å². The standard InChI is InChI=1S/C30H23BrN6O/c1-18-9-8-10-20(17-18)32-28-30-34-29-26(19(2)35-37(29)21-11-4-3-5-12-21)27(24-15-16-25(31)38-24)36(30)23-14-7-6-13-22(23)33-28/h3-17,27H,1-2H3,(H,32,33). The normalized spacial score (nSPS) is 15.8. The van der Waals surface area contributed by atoms with Gasteiger partial charge < -0.3 is 14.6 Å². The number of fused-ring (bicyclic) bond motifs is 4. The van der Waals surface area contributed by atoms with Crippen LogP contribution in [-0.4, -0.2) is 21.5 Å². The average molecular weight is 563 g/mol. The Labute approximate surface area is 228 Å². The molecule has 4 heterocycles. The molecule has 1 N–H and O–H groups in total. The molecule has 2 aromatic heterocycles. The molecule has 2 aliphatic heterocycles. The molecule has 0 amide bonds. The van der Waals surface area contributed by atoms with Crippen molar-refractivity contribution >= 4 is 50.5 Å². The highest BCUT2D eigenvalue weighted by atomic mass is 79.9. The smallest absolute Gasteiger partial charge is 0.179 e. The number of furan rings is 1. The van der Waals surface area contributed by atoms with Gasteiger partial charge in [-0.1, -0.05) is 42.5 Å². The Hall–Kier alpha value is -4.43. The number of anilines is 2. The number of aromatic nitrogens is 2. The molecule has 0 saturated carbocycles. The predicted octanol–water partition coefficient (Wildman–Crippen LogP) is 7.64. The first kappa shape index (κ1) is 22.7. The average Bonchev–Trinajstić information content (AvgIpc) is 3.51. The van der Waals surface area contributed by atoms with Gasteiger partial charge in [0.2, 0.25) is 0 Å². The first-order valence-corrected chi connectivity index (χ1v) is 13.2. The van der Waals surface area contributed by atoms with Gasteiger partial charge in [-0.25, -0.2) is 14.7 Å². The van der Waals surface area contributed by atoms with E-state index >= 15 is 0 Å². The first-order chi connectivity index (χ1) is 18.6. The Kier molecular flexibility index (Phi) is 5.30. The van der Waals surface area contributed by atoms with Crippen molar-refractivity contribution in [3.63, 3.8) is 0 Å². The molecule has 0 aliphatic carbocycles. The zero-order chi connectivity index (χ0) is 25.8. The summed E-state index contributed by atoms with van der Waals surface area (Å²) >= 11 is 3.51. The number of nitrogens with zero attached hydrogens (tertiary/aromatic N) is 5. The van der Waals surface area contributed by atoms with E-state index in [9.17, 15) is 0 Å². The van der Waals surface area contributed by atoms with Gasteiger partial charge in [0.25, 0.3) is 0 Å². The van der Waals surface area contributed by atoms with Crippen molar-refractivity contribution in [2.24, 2.45) is 9.98 Å². The minimum Gasteiger partial charge on any atom is -0.452 e. The van der Waals surface area contributed by atoms with Crippen LogP contribution in [0.5, 0.6) is 0 Å². The zero-order valence-corrected chi connectivity index (χ0v) is 22.3. The summed E-state index contributed by atoms with van der Waals surface area (Å²) in [5, 5.41) is 8.49. The summed E-state index contributed by atoms with van der Waals surface area (Å²) < 4.78 is 8.78. The van der Waals surface area contributed by atoms with Crippen LogP contribution in [0.25, 0.3) is 5.69 Å². The number of rotatable bonds is 3. The lowest BCUT2D eigenvalue weighted by molar-refractivity contribution is 0.468. The fourth-order valence-electron chi connectivity index (χ4n) is 5.15. The van der Waals surface area contributed by atoms with Gasteiger partial charge in [0.05, 0.1) is 28.3 Å². The Morgan fingerprint density at radius 3 is 2.47 bits per heavy atom. The highest BCUT2D eigenvalue weighted by molar-refractivity contribution is 9.10. The van der Waals surface area contributed by atoms with Gasteiger partial charge in [-0.05, 0) is 83.9 Å². The molecule has 8 heteroatoms. The van der Waals surface area contributed by atoms with Crippen molar-refractivity contribution in [2.75, 3.05) is 10.2 Å². The minimum atomic E-state index is -0.299. The molecule has 5 aromatic rings. The third-order valence-corrected chi connectivity index (χ3v) is 7.21. The van der Waals surface area contributed by atoms with Gasteiger partial charge in [-0.15, -0.1) is 0 Å². The quantitative estimate of drug-likeness (QED) is 0.245. The maximum Gasteiger partial charge on any atom is 0.179 e. The number of amidine groups is 2. The number of nitrogens with one attached hydrogen (secondary N) is 1. The van der Waals surface area contributed by atoms with Gasteiger partial charge in [0, 0.05) is 5.69 Å². The van der Waals surface area contributed by atoms with Crippen LogP contribution in [0, 0.1) is 13.8 Å². The lowest BCUT2D eigenvalue weighted by Gasteiger charge is -2.39. The van der Waals surface area contributed by atoms with Crippen LogP contribution in [0.15, 0.2) is 110 Å². The van der Waals surface area contributed by atoms with Crippen molar-refractivity contribution in [3.05, 3.63) is 118 Å². The Morgan fingerprint density at radius 1 is 0.868 bits per heavy atom. The van der Waals surface area contributed by atoms with Crippen LogP contribution in [-0.2, 0) is 0 Å². The number of aryl methyl sites for hydroxylation is 2. The summed E-state index contributed by atoms with van der Waals surface area (Å²) in [6.07, 6.45) is 0. The molecule has 0 fully saturated rings. The van der Waals surface area contributed by atoms with Gasteiger partial charge >= 0.3 is 0 Å². The zero-order valence-electron chi connectivity index (χ0n) is 20.8. The summed E-state index contributed by atoms with van der Waals surface area (Å²) in [7, 11) is 0. The van der Waals surface area contributed by atoms with Gasteiger partial charge in [-0.3, -0.25) is 0 Å². The highest BCUT2D eigenvalue weighted by Gasteiger charge is 2.42. The van der Waals surface area contributed by atoms with E-state index in [1.165, 1.54) is 0 Å². The summed E-state index contributed by atoms with van der Waals surface area (Å²) in [6, 6.07) is 30.1. The molecule has 186 valence electrons. The number of hydrogen-bond donors (Lipinski definition) is 1. The fourth-order valence-corrected chi connectivity index (χ4v) is 5.47. The van der Waals surface area contributed by atoms with E-state index in [1.807, 2.05) is 84.4 Å². The first-order valence-electron chi connectivity index (χ1n) is 12.4. The molecule has 2 aliphatic rings. The molecule has 7 nitrogen and oxygen atoms in total. The number of hydrogen-bond acceptors (Lipinski definition) is 6. The van der Waals surface area contributed by atoms with Crippen molar-refractivity contribution in [2.45, 2.75) is 19.9 Å². The lowest BCUT2D eigenvalue weighted by atomic mass is 9.98. The van der Waals surface area contributed by atoms with Crippen LogP contribution >= 0.6 is 15.9 Å². The molecular formula is C30H23BrN6O. The van der Waals surface area contributed by atoms with Crippen molar-refractivity contribution in [1.82, 2.24) is 9.78 Å². The monoisotopic (exact) mass is 562 g/mol. The maximum atomic E-state index is 6.21. The number of halogens is 1. The summed E-state index contributed by atoms with van der Waals surface area (Å²) in [4.78, 5) is 12.5. The lowest BCUT2D eigenvalue weighted by Crippen LogP contribution is -2.46. The number of benzene rings is 3. The topological polar surface area (TPSA) is 71.0 Å². The van der Waals surface area contributed by atoms with E-state index in [0.717, 1.165) is 51.1 Å². The molecule has 7 rings (SSSR count). The van der Waals surface area contributed by atoms with Gasteiger partial charge in [0.15, 0.2) is 22.2 Å². The fraction of sp³-hybridized carbons (Fsp3) is 0.100. The summed E-state index contributed by atoms with van der Waals surface area (Å²) in [5.74, 6) is 2.91. The number of para-hydroxylation sites is 3. The Morgan fingerprint density at radius 2 is 1.68 bits per heavy atom. The van der Waals surface area contributed by atoms with E-state index < -0.39 is 0 Å². The summed E-state index contributed by atoms with van der Waals surface area (Å²) in [5.41, 5.74) is 6.73. The third-order valence-electron chi connectivity index (χ3n) is 6.78. The van der Waals surface area contributed by atoms with E-state index in [0.29, 0.717) is 16.3 Å². The van der Waals surface area contributed by atoms with Crippen molar-refractivity contribution < 1.29 is 4.42 Å². The van der Waals surface area contributed by atoms with E-state index in [4.69, 9.17) is 19.5 Å². The Balaban J connectivity index is 1.50. The maximum absolute atomic E-state index is 6.21. The minimum absolute atomic E-state index is 0.299. The molecule has 3 aromatic carbocycles. The summed E-state index contributed by atoms with van der Waals surface area (Å²) in [6.45, 7) is 4.10. The van der Waals surface area contributed by atoms with E-state index in [2.05, 4.69) is 51.3 Å². The van der Waals surface area contributed by atoms with Crippen molar-refractivity contribution in [1.29, 1.82) is 0 Å². The molecule has 0 bridgehead atoms. The molecule has 1 unspecified atom stereocenters. The largest absolute Gasteiger partial charge is 0.452 e. The SMILES string of the molecule is Cc1cccc(NC2=Nc3ccccc3N3C2=Nc2c(c(C)nn2-c2ccccc2)C3c2ccc(Br)o2)c1. The van der Waals surface area contributed by atoms with Crippen LogP contribution in [0.1, 0.15) is 28.6 Å². The van der Waals surface area contributed by atoms with Gasteiger partial charge in [0.1, 0.15) is 11.8 Å². The van der Waals surface area contributed by atoms with Gasteiger partial charge in [-0.2, -0.15) is 5.10 Å². The molecule has 0 radical (unpaired) electrons. The molecule has 1 atom stereocenters. The van der Waals surface area contributed by atoms with Crippen molar-refractivity contribution in [3.8, 4) is 5.69 Å². The molecular weight excluding hydrogens is 540 g/mol. The van der Waals surface area contributed by atoms with E-state index in [-0.39, 0.29) is 6.04 Å². The predicted molar refractivity (Wildman–Crippen MR) is 154 cm³/mol. The second kappa shape index (κ2) is 8.85. The highest BCUT2D eigenvalue weighted by Crippen LogP contribution is 2.48. The number of aliphatic imine (C=N–C) groups is 2. The van der Waals surface area contributed by atoms with Crippen LogP contribution < -0.4 is 10.2 Å². The molecule has 38 heavy (non-hydrogen) atoms. The van der Waals surface area contributed by atoms with Crippen LogP contribution in [0.3, 0.4) is 0 Å². The molecule has 0 spiro atoms. The second-order valence-electron chi connectivity index (χ2n) is 9.36.